The number of nitrogen functional groups attached to an aromatic ring is 1. The predicted molar refractivity (Wildman–Crippen MR) is 78.5 cm³/mol. The van der Waals surface area contributed by atoms with Gasteiger partial charge in [-0.05, 0) is 25.7 Å². The van der Waals surface area contributed by atoms with Crippen molar-refractivity contribution in [1.82, 2.24) is 14.7 Å². The largest absolute Gasteiger partial charge is 0.382 e. The number of anilines is 1. The van der Waals surface area contributed by atoms with Crippen molar-refractivity contribution in [3.63, 3.8) is 0 Å². The van der Waals surface area contributed by atoms with Crippen LogP contribution in [0.3, 0.4) is 0 Å². The van der Waals surface area contributed by atoms with Crippen LogP contribution in [0.2, 0.25) is 0 Å². The summed E-state index contributed by atoms with van der Waals surface area (Å²) < 4.78 is 1.92. The lowest BCUT2D eigenvalue weighted by Crippen LogP contribution is -2.32. The standard InChI is InChI=1S/C15H24N4O/c16-14-13(11-19(17-14)12-7-3-4-8-12)15(20)18-9-5-1-2-6-10-18/h11-12H,1-10H2,(H2,16,17). The van der Waals surface area contributed by atoms with Crippen molar-refractivity contribution >= 4 is 11.7 Å². The van der Waals surface area contributed by atoms with Gasteiger partial charge in [0.15, 0.2) is 5.82 Å². The van der Waals surface area contributed by atoms with Crippen molar-refractivity contribution in [3.05, 3.63) is 11.8 Å². The summed E-state index contributed by atoms with van der Waals surface area (Å²) in [5.74, 6) is 0.458. The molecule has 1 aliphatic carbocycles. The average Bonchev–Trinajstić information content (AvgIpc) is 3.01. The molecule has 1 saturated heterocycles. The Morgan fingerprint density at radius 1 is 1.10 bits per heavy atom. The van der Waals surface area contributed by atoms with Crippen LogP contribution >= 0.6 is 0 Å². The summed E-state index contributed by atoms with van der Waals surface area (Å²) >= 11 is 0. The van der Waals surface area contributed by atoms with Crippen LogP contribution in [-0.2, 0) is 0 Å². The van der Waals surface area contributed by atoms with E-state index >= 15 is 0 Å². The molecule has 2 fully saturated rings. The summed E-state index contributed by atoms with van der Waals surface area (Å²) in [6.07, 6.45) is 11.3. The maximum atomic E-state index is 12.6. The highest BCUT2D eigenvalue weighted by Gasteiger charge is 2.24. The van der Waals surface area contributed by atoms with Gasteiger partial charge in [-0.2, -0.15) is 5.10 Å². The van der Waals surface area contributed by atoms with Crippen molar-refractivity contribution in [3.8, 4) is 0 Å². The van der Waals surface area contributed by atoms with E-state index in [9.17, 15) is 4.79 Å². The van der Waals surface area contributed by atoms with Crippen LogP contribution in [-0.4, -0.2) is 33.7 Å². The van der Waals surface area contributed by atoms with Crippen LogP contribution in [0.5, 0.6) is 0 Å². The van der Waals surface area contributed by atoms with Crippen LogP contribution in [0.1, 0.15) is 67.8 Å². The molecule has 3 rings (SSSR count). The molecule has 5 heteroatoms. The van der Waals surface area contributed by atoms with Gasteiger partial charge in [-0.3, -0.25) is 9.48 Å². The van der Waals surface area contributed by atoms with Gasteiger partial charge in [0.25, 0.3) is 5.91 Å². The van der Waals surface area contributed by atoms with E-state index < -0.39 is 0 Å². The number of nitrogens with zero attached hydrogens (tertiary/aromatic N) is 3. The topological polar surface area (TPSA) is 64.1 Å². The summed E-state index contributed by atoms with van der Waals surface area (Å²) in [7, 11) is 0. The fourth-order valence-electron chi connectivity index (χ4n) is 3.37. The summed E-state index contributed by atoms with van der Waals surface area (Å²) in [4.78, 5) is 14.5. The van der Waals surface area contributed by atoms with Crippen molar-refractivity contribution in [2.24, 2.45) is 0 Å². The number of likely N-dealkylation sites (tertiary alicyclic amines) is 1. The Hall–Kier alpha value is -1.52. The Balaban J connectivity index is 1.76. The maximum absolute atomic E-state index is 12.6. The number of aromatic nitrogens is 2. The van der Waals surface area contributed by atoms with Crippen LogP contribution in [0.15, 0.2) is 6.20 Å². The van der Waals surface area contributed by atoms with E-state index in [1.54, 1.807) is 0 Å². The van der Waals surface area contributed by atoms with E-state index in [2.05, 4.69) is 5.10 Å². The zero-order valence-corrected chi connectivity index (χ0v) is 12.1. The molecule has 1 aromatic rings. The quantitative estimate of drug-likeness (QED) is 0.903. The first kappa shape index (κ1) is 13.5. The van der Waals surface area contributed by atoms with E-state index in [0.29, 0.717) is 17.4 Å². The van der Waals surface area contributed by atoms with Gasteiger partial charge in [0.05, 0.1) is 6.04 Å². The molecule has 1 amide bonds. The highest BCUT2D eigenvalue weighted by molar-refractivity contribution is 5.98. The Morgan fingerprint density at radius 2 is 1.75 bits per heavy atom. The molecule has 0 atom stereocenters. The first-order chi connectivity index (χ1) is 9.75. The Labute approximate surface area is 120 Å². The molecule has 0 aromatic carbocycles. The molecule has 0 unspecified atom stereocenters. The van der Waals surface area contributed by atoms with Crippen LogP contribution < -0.4 is 5.73 Å². The molecule has 1 aliphatic heterocycles. The van der Waals surface area contributed by atoms with E-state index in [1.807, 2.05) is 15.8 Å². The lowest BCUT2D eigenvalue weighted by molar-refractivity contribution is 0.0762. The lowest BCUT2D eigenvalue weighted by atomic mass is 10.2. The first-order valence-corrected chi connectivity index (χ1v) is 7.89. The van der Waals surface area contributed by atoms with Gasteiger partial charge in [-0.25, -0.2) is 0 Å². The van der Waals surface area contributed by atoms with Crippen LogP contribution in [0.25, 0.3) is 0 Å². The second-order valence-corrected chi connectivity index (χ2v) is 6.05. The molecule has 0 radical (unpaired) electrons. The maximum Gasteiger partial charge on any atom is 0.259 e. The van der Waals surface area contributed by atoms with Crippen molar-refractivity contribution in [2.45, 2.75) is 57.4 Å². The molecule has 2 heterocycles. The smallest absolute Gasteiger partial charge is 0.259 e. The van der Waals surface area contributed by atoms with Crippen LogP contribution in [0, 0.1) is 0 Å². The zero-order chi connectivity index (χ0) is 13.9. The molecule has 20 heavy (non-hydrogen) atoms. The summed E-state index contributed by atoms with van der Waals surface area (Å²) in [6.45, 7) is 1.71. The Morgan fingerprint density at radius 3 is 2.40 bits per heavy atom. The molecule has 1 saturated carbocycles. The fourth-order valence-corrected chi connectivity index (χ4v) is 3.37. The van der Waals surface area contributed by atoms with Crippen molar-refractivity contribution in [2.75, 3.05) is 18.8 Å². The summed E-state index contributed by atoms with van der Waals surface area (Å²) in [5, 5.41) is 4.38. The van der Waals surface area contributed by atoms with Gasteiger partial charge < -0.3 is 10.6 Å². The van der Waals surface area contributed by atoms with E-state index in [-0.39, 0.29) is 5.91 Å². The summed E-state index contributed by atoms with van der Waals surface area (Å²) in [6, 6.07) is 0.433. The van der Waals surface area contributed by atoms with Gasteiger partial charge in [0, 0.05) is 19.3 Å². The van der Waals surface area contributed by atoms with Gasteiger partial charge in [-0.15, -0.1) is 0 Å². The average molecular weight is 276 g/mol. The van der Waals surface area contributed by atoms with Gasteiger partial charge in [0.2, 0.25) is 0 Å². The van der Waals surface area contributed by atoms with Crippen molar-refractivity contribution in [1.29, 1.82) is 0 Å². The molecule has 0 spiro atoms. The third-order valence-corrected chi connectivity index (χ3v) is 4.58. The Kier molecular flexibility index (Phi) is 3.94. The highest BCUT2D eigenvalue weighted by atomic mass is 16.2. The normalized spacial score (nSPS) is 21.1. The lowest BCUT2D eigenvalue weighted by Gasteiger charge is -2.19. The predicted octanol–water partition coefficient (Wildman–Crippen LogP) is 2.60. The third kappa shape index (κ3) is 2.67. The van der Waals surface area contributed by atoms with Gasteiger partial charge in [-0.1, -0.05) is 25.7 Å². The minimum atomic E-state index is 0.0636. The number of hydrogen-bond donors (Lipinski definition) is 1. The van der Waals surface area contributed by atoms with Gasteiger partial charge >= 0.3 is 0 Å². The highest BCUT2D eigenvalue weighted by Crippen LogP contribution is 2.30. The molecule has 110 valence electrons. The molecular weight excluding hydrogens is 252 g/mol. The minimum absolute atomic E-state index is 0.0636. The second kappa shape index (κ2) is 5.85. The molecule has 1 aromatic heterocycles. The molecule has 2 aliphatic rings. The Bertz CT molecular complexity index is 468. The zero-order valence-electron chi connectivity index (χ0n) is 12.1. The number of nitrogens with two attached hydrogens (primary N) is 1. The number of carbonyl (C=O) groups is 1. The van der Waals surface area contributed by atoms with E-state index in [4.69, 9.17) is 5.73 Å². The number of rotatable bonds is 2. The van der Waals surface area contributed by atoms with Gasteiger partial charge in [0.1, 0.15) is 5.56 Å². The SMILES string of the molecule is Nc1nn(C2CCCC2)cc1C(=O)N1CCCCCC1. The number of amides is 1. The van der Waals surface area contributed by atoms with Crippen molar-refractivity contribution < 1.29 is 4.79 Å². The monoisotopic (exact) mass is 276 g/mol. The molecule has 2 N–H and O–H groups in total. The van der Waals surface area contributed by atoms with Crippen LogP contribution in [0.4, 0.5) is 5.82 Å². The summed E-state index contributed by atoms with van der Waals surface area (Å²) in [5.41, 5.74) is 6.57. The third-order valence-electron chi connectivity index (χ3n) is 4.58. The second-order valence-electron chi connectivity index (χ2n) is 6.05. The molecule has 5 nitrogen and oxygen atoms in total. The number of hydrogen-bond acceptors (Lipinski definition) is 3. The van der Waals surface area contributed by atoms with E-state index in [1.165, 1.54) is 25.7 Å². The first-order valence-electron chi connectivity index (χ1n) is 7.89. The molecule has 0 bridgehead atoms. The minimum Gasteiger partial charge on any atom is -0.382 e. The van der Waals surface area contributed by atoms with E-state index in [0.717, 1.165) is 38.8 Å². The number of carbonyl (C=O) groups excluding carboxylic acids is 1. The molecular formula is C15H24N4O. The fraction of sp³-hybridized carbons (Fsp3) is 0.733.